The summed E-state index contributed by atoms with van der Waals surface area (Å²) >= 11 is 1.57. The molecule has 3 aromatic rings. The van der Waals surface area contributed by atoms with Crippen molar-refractivity contribution < 1.29 is 4.79 Å². The Bertz CT molecular complexity index is 1140. The summed E-state index contributed by atoms with van der Waals surface area (Å²) in [5.41, 5.74) is 4.04. The molecule has 0 aliphatic carbocycles. The molecular formula is C27H37N7OS. The molecule has 2 aliphatic rings. The highest BCUT2D eigenvalue weighted by molar-refractivity contribution is 7.17. The first-order chi connectivity index (χ1) is 17.6. The van der Waals surface area contributed by atoms with Crippen molar-refractivity contribution >= 4 is 28.1 Å². The Morgan fingerprint density at radius 1 is 1.03 bits per heavy atom. The number of aromatic nitrogens is 3. The molecule has 5 rings (SSSR count). The van der Waals surface area contributed by atoms with Gasteiger partial charge >= 0.3 is 0 Å². The zero-order valence-electron chi connectivity index (χ0n) is 21.4. The highest BCUT2D eigenvalue weighted by Crippen LogP contribution is 2.28. The van der Waals surface area contributed by atoms with Crippen molar-refractivity contribution in [2.75, 3.05) is 62.2 Å². The molecule has 1 N–H and O–H groups in total. The molecule has 4 heterocycles. The van der Waals surface area contributed by atoms with Crippen LogP contribution in [0.1, 0.15) is 30.4 Å². The summed E-state index contributed by atoms with van der Waals surface area (Å²) in [5, 5.41) is 13.7. The molecule has 2 saturated heterocycles. The fourth-order valence-electron chi connectivity index (χ4n) is 5.20. The van der Waals surface area contributed by atoms with Crippen LogP contribution in [0.4, 0.5) is 10.8 Å². The quantitative estimate of drug-likeness (QED) is 0.471. The molecule has 0 spiro atoms. The van der Waals surface area contributed by atoms with Crippen molar-refractivity contribution in [2.45, 2.75) is 33.1 Å². The lowest BCUT2D eigenvalue weighted by Crippen LogP contribution is -2.47. The van der Waals surface area contributed by atoms with Gasteiger partial charge in [-0.3, -0.25) is 14.3 Å². The average Bonchev–Trinajstić information content (AvgIpc) is 3.61. The normalized spacial score (nSPS) is 19.0. The van der Waals surface area contributed by atoms with E-state index in [0.717, 1.165) is 75.3 Å². The molecule has 2 aromatic heterocycles. The second-order valence-electron chi connectivity index (χ2n) is 10.0. The van der Waals surface area contributed by atoms with E-state index in [4.69, 9.17) is 0 Å². The minimum Gasteiger partial charge on any atom is -0.369 e. The van der Waals surface area contributed by atoms with Crippen molar-refractivity contribution in [3.05, 3.63) is 53.9 Å². The third-order valence-corrected chi connectivity index (χ3v) is 8.32. The van der Waals surface area contributed by atoms with Crippen LogP contribution < -0.4 is 15.1 Å². The first-order valence-electron chi connectivity index (χ1n) is 13.1. The number of benzene rings is 1. The first-order valence-corrected chi connectivity index (χ1v) is 13.9. The Hall–Kier alpha value is -2.91. The third kappa shape index (κ3) is 5.90. The van der Waals surface area contributed by atoms with E-state index in [2.05, 4.69) is 62.3 Å². The second-order valence-corrected chi connectivity index (χ2v) is 10.9. The van der Waals surface area contributed by atoms with Gasteiger partial charge in [0.1, 0.15) is 0 Å². The Balaban J connectivity index is 1.02. The summed E-state index contributed by atoms with van der Waals surface area (Å²) in [6, 6.07) is 10.7. The van der Waals surface area contributed by atoms with Crippen LogP contribution in [0.25, 0.3) is 5.13 Å². The van der Waals surface area contributed by atoms with Gasteiger partial charge in [0.15, 0.2) is 0 Å². The van der Waals surface area contributed by atoms with E-state index >= 15 is 0 Å². The predicted molar refractivity (Wildman–Crippen MR) is 146 cm³/mol. The summed E-state index contributed by atoms with van der Waals surface area (Å²) in [6.45, 7) is 12.0. The van der Waals surface area contributed by atoms with Crippen LogP contribution in [0.3, 0.4) is 0 Å². The number of piperazine rings is 1. The van der Waals surface area contributed by atoms with E-state index in [1.165, 1.54) is 16.8 Å². The molecule has 0 saturated carbocycles. The molecule has 1 unspecified atom stereocenters. The number of hydrogen-bond donors (Lipinski definition) is 1. The minimum absolute atomic E-state index is 0.0128. The number of rotatable bonds is 8. The maximum atomic E-state index is 12.9. The van der Waals surface area contributed by atoms with Gasteiger partial charge in [-0.2, -0.15) is 0 Å². The lowest BCUT2D eigenvalue weighted by atomic mass is 9.97. The number of carbonyl (C=O) groups is 1. The molecule has 0 radical (unpaired) electrons. The highest BCUT2D eigenvalue weighted by atomic mass is 32.1. The Labute approximate surface area is 217 Å². The molecule has 0 bridgehead atoms. The van der Waals surface area contributed by atoms with E-state index in [9.17, 15) is 4.79 Å². The summed E-state index contributed by atoms with van der Waals surface area (Å²) in [4.78, 5) is 20.1. The maximum Gasteiger partial charge on any atom is 0.224 e. The molecule has 2 aliphatic heterocycles. The monoisotopic (exact) mass is 507 g/mol. The van der Waals surface area contributed by atoms with Gasteiger partial charge in [-0.1, -0.05) is 23.5 Å². The molecule has 8 nitrogen and oxygen atoms in total. The van der Waals surface area contributed by atoms with Crippen molar-refractivity contribution in [3.8, 4) is 5.13 Å². The van der Waals surface area contributed by atoms with Gasteiger partial charge in [0.2, 0.25) is 16.2 Å². The third-order valence-electron chi connectivity index (χ3n) is 7.32. The number of nitrogens with zero attached hydrogens (tertiary/aromatic N) is 6. The summed E-state index contributed by atoms with van der Waals surface area (Å²) in [7, 11) is 0. The average molecular weight is 508 g/mol. The predicted octanol–water partition coefficient (Wildman–Crippen LogP) is 3.49. The SMILES string of the molecule is Cc1ccc(C)c(N2CCN(CCCNC(=O)C3CCCN(c4nnc(-n5cccc5)s4)C3)CC2)c1. The van der Waals surface area contributed by atoms with E-state index in [0.29, 0.717) is 6.54 Å². The molecule has 9 heteroatoms. The van der Waals surface area contributed by atoms with Gasteiger partial charge in [-0.15, -0.1) is 10.2 Å². The van der Waals surface area contributed by atoms with Crippen molar-refractivity contribution in [3.63, 3.8) is 0 Å². The van der Waals surface area contributed by atoms with E-state index in [1.54, 1.807) is 11.3 Å². The molecular weight excluding hydrogens is 470 g/mol. The number of aryl methyl sites for hydroxylation is 2. The molecule has 192 valence electrons. The number of hydrogen-bond acceptors (Lipinski definition) is 7. The van der Waals surface area contributed by atoms with Crippen LogP contribution in [0.2, 0.25) is 0 Å². The summed E-state index contributed by atoms with van der Waals surface area (Å²) < 4.78 is 1.97. The van der Waals surface area contributed by atoms with Crippen LogP contribution in [0.15, 0.2) is 42.7 Å². The van der Waals surface area contributed by atoms with Gasteiger partial charge in [-0.05, 0) is 69.0 Å². The Kier molecular flexibility index (Phi) is 7.87. The van der Waals surface area contributed by atoms with E-state index < -0.39 is 0 Å². The topological polar surface area (TPSA) is 69.5 Å². The first kappa shape index (κ1) is 24.8. The molecule has 2 fully saturated rings. The smallest absolute Gasteiger partial charge is 0.224 e. The van der Waals surface area contributed by atoms with Crippen molar-refractivity contribution in [1.82, 2.24) is 25.0 Å². The second kappa shape index (κ2) is 11.4. The van der Waals surface area contributed by atoms with Crippen LogP contribution in [0.5, 0.6) is 0 Å². The van der Waals surface area contributed by atoms with Crippen LogP contribution >= 0.6 is 11.3 Å². The number of nitrogens with one attached hydrogen (secondary N) is 1. The number of piperidine rings is 1. The van der Waals surface area contributed by atoms with E-state index in [-0.39, 0.29) is 11.8 Å². The lowest BCUT2D eigenvalue weighted by molar-refractivity contribution is -0.125. The molecule has 1 atom stereocenters. The fourth-order valence-corrected chi connectivity index (χ4v) is 6.05. The lowest BCUT2D eigenvalue weighted by Gasteiger charge is -2.37. The zero-order valence-corrected chi connectivity index (χ0v) is 22.2. The Morgan fingerprint density at radius 2 is 1.81 bits per heavy atom. The van der Waals surface area contributed by atoms with Gasteiger partial charge < -0.3 is 15.1 Å². The van der Waals surface area contributed by atoms with Crippen LogP contribution in [-0.4, -0.2) is 77.9 Å². The van der Waals surface area contributed by atoms with Crippen LogP contribution in [0, 0.1) is 19.8 Å². The minimum atomic E-state index is 0.0128. The fraction of sp³-hybridized carbons (Fsp3) is 0.519. The maximum absolute atomic E-state index is 12.9. The van der Waals surface area contributed by atoms with E-state index in [1.807, 2.05) is 29.1 Å². The van der Waals surface area contributed by atoms with Crippen molar-refractivity contribution in [2.24, 2.45) is 5.92 Å². The summed E-state index contributed by atoms with van der Waals surface area (Å²) in [6.07, 6.45) is 6.87. The highest BCUT2D eigenvalue weighted by Gasteiger charge is 2.27. The standard InChI is InChI=1S/C27H37N7OS/c1-21-8-9-22(2)24(19-21)32-17-15-31(16-18-32)11-6-10-28-25(35)23-7-5-14-34(20-23)27-30-29-26(36-27)33-12-3-4-13-33/h3-4,8-9,12-13,19,23H,5-7,10-11,14-18,20H2,1-2H3,(H,28,35). The van der Waals surface area contributed by atoms with Crippen LogP contribution in [-0.2, 0) is 4.79 Å². The van der Waals surface area contributed by atoms with Gasteiger partial charge in [0.25, 0.3) is 0 Å². The van der Waals surface area contributed by atoms with Gasteiger partial charge in [0, 0.05) is 63.9 Å². The number of amides is 1. The molecule has 1 amide bonds. The van der Waals surface area contributed by atoms with Crippen molar-refractivity contribution in [1.29, 1.82) is 0 Å². The number of carbonyl (C=O) groups excluding carboxylic acids is 1. The summed E-state index contributed by atoms with van der Waals surface area (Å²) in [5.74, 6) is 0.188. The largest absolute Gasteiger partial charge is 0.369 e. The molecule has 1 aromatic carbocycles. The molecule has 36 heavy (non-hydrogen) atoms. The van der Waals surface area contributed by atoms with Gasteiger partial charge in [0.05, 0.1) is 5.92 Å². The van der Waals surface area contributed by atoms with Gasteiger partial charge in [-0.25, -0.2) is 0 Å². The zero-order chi connectivity index (χ0) is 24.9. The Morgan fingerprint density at radius 3 is 2.61 bits per heavy atom. The number of anilines is 2.